The van der Waals surface area contributed by atoms with E-state index < -0.39 is 5.97 Å². The topological polar surface area (TPSA) is 55.8 Å². The molecule has 2 rings (SSSR count). The molecule has 1 aromatic rings. The molecule has 1 aromatic carbocycles. The van der Waals surface area contributed by atoms with Gasteiger partial charge in [-0.05, 0) is 47.3 Å². The van der Waals surface area contributed by atoms with Crippen molar-refractivity contribution in [3.05, 3.63) is 29.3 Å². The van der Waals surface area contributed by atoms with E-state index in [1.54, 1.807) is 0 Å². The first-order valence-corrected chi connectivity index (χ1v) is 9.13. The molecule has 0 radical (unpaired) electrons. The van der Waals surface area contributed by atoms with Gasteiger partial charge in [-0.1, -0.05) is 53.7 Å². The largest absolute Gasteiger partial charge is 0.487 e. The molecule has 1 aliphatic rings. The fourth-order valence-electron chi connectivity index (χ4n) is 3.24. The molecule has 0 bridgehead atoms. The molecule has 0 spiro atoms. The van der Waals surface area contributed by atoms with Crippen LogP contribution in [0.1, 0.15) is 71.9 Å². The summed E-state index contributed by atoms with van der Waals surface area (Å²) in [7, 11) is 0. The van der Waals surface area contributed by atoms with E-state index in [-0.39, 0.29) is 29.6 Å². The molecule has 2 atom stereocenters. The molecule has 1 saturated carbocycles. The van der Waals surface area contributed by atoms with Gasteiger partial charge in [-0.2, -0.15) is 0 Å². The Kier molecular flexibility index (Phi) is 5.82. The van der Waals surface area contributed by atoms with Crippen LogP contribution in [0.3, 0.4) is 0 Å². The molecule has 0 aliphatic heterocycles. The number of rotatable bonds is 5. The fourth-order valence-corrected chi connectivity index (χ4v) is 3.24. The van der Waals surface area contributed by atoms with Gasteiger partial charge in [0, 0.05) is 0 Å². The van der Waals surface area contributed by atoms with Crippen LogP contribution in [0.5, 0.6) is 5.75 Å². The number of carbonyl (C=O) groups is 1. The second-order valence-corrected chi connectivity index (χ2v) is 9.04. The Morgan fingerprint density at radius 2 is 1.72 bits per heavy atom. The van der Waals surface area contributed by atoms with Crippen molar-refractivity contribution in [3.63, 3.8) is 0 Å². The Morgan fingerprint density at radius 3 is 2.28 bits per heavy atom. The van der Waals surface area contributed by atoms with Crippen LogP contribution in [0.2, 0.25) is 0 Å². The molecule has 1 N–H and O–H groups in total. The highest BCUT2D eigenvalue weighted by molar-refractivity contribution is 5.68. The highest BCUT2D eigenvalue weighted by Gasteiger charge is 2.32. The Labute approximate surface area is 151 Å². The van der Waals surface area contributed by atoms with Crippen LogP contribution in [-0.4, -0.2) is 29.9 Å². The summed E-state index contributed by atoms with van der Waals surface area (Å²) in [6, 6.07) is 6.44. The average Bonchev–Trinajstić information content (AvgIpc) is 2.90. The third-order valence-corrected chi connectivity index (χ3v) is 4.74. The summed E-state index contributed by atoms with van der Waals surface area (Å²) in [6.07, 6.45) is 2.52. The fraction of sp³-hybridized carbons (Fsp3) is 0.667. The minimum atomic E-state index is -0.935. The summed E-state index contributed by atoms with van der Waals surface area (Å²) in [5, 5.41) is 8.84. The normalized spacial score (nSPS) is 21.4. The second-order valence-electron chi connectivity index (χ2n) is 9.04. The van der Waals surface area contributed by atoms with Crippen molar-refractivity contribution in [1.82, 2.24) is 0 Å². The molecule has 4 heteroatoms. The zero-order valence-electron chi connectivity index (χ0n) is 16.4. The first-order valence-electron chi connectivity index (χ1n) is 9.13. The van der Waals surface area contributed by atoms with Crippen molar-refractivity contribution >= 4 is 5.97 Å². The summed E-state index contributed by atoms with van der Waals surface area (Å²) < 4.78 is 11.9. The molecule has 0 saturated heterocycles. The molecule has 0 heterocycles. The van der Waals surface area contributed by atoms with Crippen molar-refractivity contribution in [2.75, 3.05) is 6.61 Å². The van der Waals surface area contributed by atoms with Gasteiger partial charge in [-0.25, -0.2) is 4.79 Å². The van der Waals surface area contributed by atoms with Gasteiger partial charge in [0.15, 0.2) is 0 Å². The van der Waals surface area contributed by atoms with E-state index in [1.807, 2.05) is 0 Å². The predicted octanol–water partition coefficient (Wildman–Crippen LogP) is 4.68. The zero-order valence-corrected chi connectivity index (χ0v) is 16.4. The molecule has 0 aromatic heterocycles. The van der Waals surface area contributed by atoms with Crippen molar-refractivity contribution in [1.29, 1.82) is 0 Å². The molecular weight excluding hydrogens is 316 g/mol. The molecule has 25 heavy (non-hydrogen) atoms. The minimum absolute atomic E-state index is 0.0351. The molecular formula is C21H32O4. The maximum absolute atomic E-state index is 10.8. The maximum atomic E-state index is 10.8. The summed E-state index contributed by atoms with van der Waals surface area (Å²) in [4.78, 5) is 10.8. The lowest BCUT2D eigenvalue weighted by molar-refractivity contribution is -0.145. The van der Waals surface area contributed by atoms with Crippen LogP contribution < -0.4 is 4.74 Å². The molecule has 2 unspecified atom stereocenters. The SMILES string of the molecule is CC(C)(C)c1ccc(OC2CCCC2OCC(=O)O)c(C(C)(C)C)c1. The van der Waals surface area contributed by atoms with E-state index >= 15 is 0 Å². The number of hydrogen-bond acceptors (Lipinski definition) is 3. The molecule has 1 aliphatic carbocycles. The maximum Gasteiger partial charge on any atom is 0.329 e. The van der Waals surface area contributed by atoms with Gasteiger partial charge >= 0.3 is 5.97 Å². The van der Waals surface area contributed by atoms with Crippen molar-refractivity contribution in [2.45, 2.75) is 83.8 Å². The van der Waals surface area contributed by atoms with Gasteiger partial charge in [0.25, 0.3) is 0 Å². The van der Waals surface area contributed by atoms with Gasteiger partial charge in [0.1, 0.15) is 18.5 Å². The molecule has 140 valence electrons. The van der Waals surface area contributed by atoms with Crippen molar-refractivity contribution in [2.24, 2.45) is 0 Å². The molecule has 1 fully saturated rings. The third kappa shape index (κ3) is 5.21. The Hall–Kier alpha value is -1.55. The zero-order chi connectivity index (χ0) is 18.8. The van der Waals surface area contributed by atoms with Gasteiger partial charge in [0.2, 0.25) is 0 Å². The van der Waals surface area contributed by atoms with Crippen LogP contribution in [0.4, 0.5) is 0 Å². The second kappa shape index (κ2) is 7.36. The summed E-state index contributed by atoms with van der Waals surface area (Å²) in [5.41, 5.74) is 2.52. The van der Waals surface area contributed by atoms with Crippen molar-refractivity contribution < 1.29 is 19.4 Å². The minimum Gasteiger partial charge on any atom is -0.487 e. The van der Waals surface area contributed by atoms with Gasteiger partial charge < -0.3 is 14.6 Å². The molecule has 4 nitrogen and oxygen atoms in total. The number of benzene rings is 1. The lowest BCUT2D eigenvalue weighted by Gasteiger charge is -2.29. The average molecular weight is 348 g/mol. The third-order valence-electron chi connectivity index (χ3n) is 4.74. The van der Waals surface area contributed by atoms with Crippen LogP contribution in [0.25, 0.3) is 0 Å². The van der Waals surface area contributed by atoms with Crippen LogP contribution in [-0.2, 0) is 20.4 Å². The quantitative estimate of drug-likeness (QED) is 0.839. The number of aliphatic carboxylic acids is 1. The van der Waals surface area contributed by atoms with E-state index in [0.29, 0.717) is 0 Å². The van der Waals surface area contributed by atoms with E-state index in [0.717, 1.165) is 25.0 Å². The van der Waals surface area contributed by atoms with E-state index in [4.69, 9.17) is 14.6 Å². The van der Waals surface area contributed by atoms with Crippen LogP contribution in [0, 0.1) is 0 Å². The van der Waals surface area contributed by atoms with E-state index in [2.05, 4.69) is 59.7 Å². The standard InChI is InChI=1S/C21H32O4/c1-20(2,3)14-10-11-16(15(12-14)21(4,5)6)25-18-9-7-8-17(18)24-13-19(22)23/h10-12,17-18H,7-9,13H2,1-6H3,(H,22,23). The molecule has 0 amide bonds. The number of carboxylic acids is 1. The predicted molar refractivity (Wildman–Crippen MR) is 99.5 cm³/mol. The van der Waals surface area contributed by atoms with E-state index in [9.17, 15) is 4.79 Å². The first-order chi connectivity index (χ1) is 11.5. The smallest absolute Gasteiger partial charge is 0.329 e. The lowest BCUT2D eigenvalue weighted by atomic mass is 9.80. The van der Waals surface area contributed by atoms with Gasteiger partial charge in [0.05, 0.1) is 6.10 Å². The van der Waals surface area contributed by atoms with Crippen LogP contribution >= 0.6 is 0 Å². The Bertz CT molecular complexity index is 607. The number of ether oxygens (including phenoxy) is 2. The van der Waals surface area contributed by atoms with Gasteiger partial charge in [-0.15, -0.1) is 0 Å². The highest BCUT2D eigenvalue weighted by Crippen LogP contribution is 2.37. The lowest BCUT2D eigenvalue weighted by Crippen LogP contribution is -2.31. The summed E-state index contributed by atoms with van der Waals surface area (Å²) in [6.45, 7) is 12.9. The van der Waals surface area contributed by atoms with Crippen molar-refractivity contribution in [3.8, 4) is 5.75 Å². The Morgan fingerprint density at radius 1 is 1.08 bits per heavy atom. The summed E-state index contributed by atoms with van der Waals surface area (Å²) >= 11 is 0. The van der Waals surface area contributed by atoms with Crippen LogP contribution in [0.15, 0.2) is 18.2 Å². The number of hydrogen-bond donors (Lipinski definition) is 1. The first kappa shape index (κ1) is 19.8. The highest BCUT2D eigenvalue weighted by atomic mass is 16.6. The monoisotopic (exact) mass is 348 g/mol. The summed E-state index contributed by atoms with van der Waals surface area (Å²) in [5.74, 6) is -0.0492. The van der Waals surface area contributed by atoms with E-state index in [1.165, 1.54) is 11.1 Å². The number of carboxylic acid groups (broad SMARTS) is 1. The Balaban J connectivity index is 2.24. The van der Waals surface area contributed by atoms with Gasteiger partial charge in [-0.3, -0.25) is 0 Å².